The summed E-state index contributed by atoms with van der Waals surface area (Å²) in [6.07, 6.45) is 2.43. The molecule has 0 radical (unpaired) electrons. The monoisotopic (exact) mass is 261 g/mol. The molecule has 0 N–H and O–H groups in total. The van der Waals surface area contributed by atoms with E-state index < -0.39 is 0 Å². The van der Waals surface area contributed by atoms with Gasteiger partial charge in [-0.1, -0.05) is 13.8 Å². The Morgan fingerprint density at radius 1 is 1.44 bits per heavy atom. The second-order valence-electron chi connectivity index (χ2n) is 4.36. The second kappa shape index (κ2) is 7.25. The van der Waals surface area contributed by atoms with Crippen molar-refractivity contribution in [3.05, 3.63) is 16.1 Å². The van der Waals surface area contributed by atoms with Gasteiger partial charge in [-0.05, 0) is 25.7 Å². The highest BCUT2D eigenvalue weighted by Crippen LogP contribution is 2.22. The molecule has 0 aliphatic rings. The summed E-state index contributed by atoms with van der Waals surface area (Å²) in [4.78, 5) is 4.40. The average Bonchev–Trinajstić information content (AvgIpc) is 2.72. The topological polar surface area (TPSA) is 22.1 Å². The van der Waals surface area contributed by atoms with Gasteiger partial charge in [0, 0.05) is 12.0 Å². The van der Waals surface area contributed by atoms with Gasteiger partial charge in [0.2, 0.25) is 0 Å². The lowest BCUT2D eigenvalue weighted by Crippen LogP contribution is -2.02. The second-order valence-corrected chi connectivity index (χ2v) is 5.52. The van der Waals surface area contributed by atoms with E-state index >= 15 is 0 Å². The first kappa shape index (κ1) is 13.9. The Morgan fingerprint density at radius 2 is 2.19 bits per heavy atom. The normalized spacial score (nSPS) is 13.3. The van der Waals surface area contributed by atoms with Crippen LogP contribution in [-0.4, -0.2) is 11.6 Å². The van der Waals surface area contributed by atoms with E-state index in [4.69, 9.17) is 16.3 Å². The molecule has 16 heavy (non-hydrogen) atoms. The Balaban J connectivity index is 2.26. The van der Waals surface area contributed by atoms with Crippen molar-refractivity contribution in [2.24, 2.45) is 5.92 Å². The third-order valence-electron chi connectivity index (χ3n) is 2.35. The Kier molecular flexibility index (Phi) is 6.32. The number of rotatable bonds is 7. The fourth-order valence-corrected chi connectivity index (χ4v) is 2.44. The fourth-order valence-electron chi connectivity index (χ4n) is 1.39. The van der Waals surface area contributed by atoms with Gasteiger partial charge in [0.15, 0.2) is 0 Å². The van der Waals surface area contributed by atoms with Crippen LogP contribution < -0.4 is 0 Å². The van der Waals surface area contributed by atoms with Crippen LogP contribution in [0.25, 0.3) is 0 Å². The zero-order chi connectivity index (χ0) is 12.0. The lowest BCUT2D eigenvalue weighted by molar-refractivity contribution is 0.0612. The first-order valence-corrected chi connectivity index (χ1v) is 7.16. The number of alkyl halides is 1. The number of hydrogen-bond donors (Lipinski definition) is 0. The van der Waals surface area contributed by atoms with Crippen molar-refractivity contribution in [2.75, 3.05) is 6.61 Å². The molecule has 0 saturated heterocycles. The van der Waals surface area contributed by atoms with E-state index in [0.717, 1.165) is 29.6 Å². The molecular formula is C12H20ClNOS. The molecule has 0 bridgehead atoms. The van der Waals surface area contributed by atoms with Crippen LogP contribution in [0.15, 0.2) is 5.38 Å². The number of thiazole rings is 1. The fraction of sp³-hybridized carbons (Fsp3) is 0.750. The van der Waals surface area contributed by atoms with E-state index in [-0.39, 0.29) is 6.10 Å². The molecule has 1 rings (SSSR count). The molecule has 1 aromatic heterocycles. The zero-order valence-corrected chi connectivity index (χ0v) is 11.8. The summed E-state index contributed by atoms with van der Waals surface area (Å²) >= 11 is 7.34. The van der Waals surface area contributed by atoms with Gasteiger partial charge in [-0.2, -0.15) is 0 Å². The molecule has 1 unspecified atom stereocenters. The van der Waals surface area contributed by atoms with Gasteiger partial charge in [0.25, 0.3) is 0 Å². The minimum atomic E-state index is 0.0918. The van der Waals surface area contributed by atoms with Crippen LogP contribution in [0.5, 0.6) is 0 Å². The summed E-state index contributed by atoms with van der Waals surface area (Å²) in [7, 11) is 0. The van der Waals surface area contributed by atoms with Crippen LogP contribution in [0.2, 0.25) is 0 Å². The number of nitrogens with zero attached hydrogens (tertiary/aromatic N) is 1. The Bertz CT molecular complexity index is 301. The summed E-state index contributed by atoms with van der Waals surface area (Å²) in [5.74, 6) is 1.23. The summed E-state index contributed by atoms with van der Waals surface area (Å²) in [5, 5.41) is 3.02. The number of aromatic nitrogens is 1. The van der Waals surface area contributed by atoms with Gasteiger partial charge >= 0.3 is 0 Å². The number of halogens is 1. The van der Waals surface area contributed by atoms with Crippen molar-refractivity contribution in [3.8, 4) is 0 Å². The minimum Gasteiger partial charge on any atom is -0.371 e. The molecule has 0 aromatic carbocycles. The van der Waals surface area contributed by atoms with E-state index in [0.29, 0.717) is 5.88 Å². The lowest BCUT2D eigenvalue weighted by atomic mass is 10.1. The van der Waals surface area contributed by atoms with Gasteiger partial charge < -0.3 is 4.74 Å². The van der Waals surface area contributed by atoms with Gasteiger partial charge in [-0.3, -0.25) is 0 Å². The maximum absolute atomic E-state index is 5.74. The molecule has 4 heteroatoms. The molecular weight excluding hydrogens is 242 g/mol. The maximum Gasteiger partial charge on any atom is 0.122 e. The molecule has 0 spiro atoms. The Labute approximate surface area is 107 Å². The SMILES string of the molecule is CC(C)CCCOC(C)c1nc(CCl)cs1. The summed E-state index contributed by atoms with van der Waals surface area (Å²) in [5.41, 5.74) is 0.944. The molecule has 2 nitrogen and oxygen atoms in total. The van der Waals surface area contributed by atoms with Crippen LogP contribution in [0.3, 0.4) is 0 Å². The molecule has 0 fully saturated rings. The predicted octanol–water partition coefficient (Wildman–Crippen LogP) is 4.40. The minimum absolute atomic E-state index is 0.0918. The third kappa shape index (κ3) is 4.81. The van der Waals surface area contributed by atoms with E-state index in [1.165, 1.54) is 6.42 Å². The molecule has 1 atom stereocenters. The quantitative estimate of drug-likeness (QED) is 0.536. The van der Waals surface area contributed by atoms with E-state index in [9.17, 15) is 0 Å². The van der Waals surface area contributed by atoms with Crippen molar-refractivity contribution < 1.29 is 4.74 Å². The lowest BCUT2D eigenvalue weighted by Gasteiger charge is -2.10. The van der Waals surface area contributed by atoms with Gasteiger partial charge in [-0.25, -0.2) is 4.98 Å². The Hall–Kier alpha value is -0.120. The van der Waals surface area contributed by atoms with Crippen LogP contribution in [0, 0.1) is 5.92 Å². The highest BCUT2D eigenvalue weighted by molar-refractivity contribution is 7.09. The maximum atomic E-state index is 5.74. The third-order valence-corrected chi connectivity index (χ3v) is 3.68. The van der Waals surface area contributed by atoms with Crippen LogP contribution >= 0.6 is 22.9 Å². The van der Waals surface area contributed by atoms with Crippen LogP contribution in [-0.2, 0) is 10.6 Å². The van der Waals surface area contributed by atoms with Crippen molar-refractivity contribution >= 4 is 22.9 Å². The smallest absolute Gasteiger partial charge is 0.122 e. The van der Waals surface area contributed by atoms with E-state index in [1.54, 1.807) is 11.3 Å². The largest absolute Gasteiger partial charge is 0.371 e. The molecule has 0 amide bonds. The van der Waals surface area contributed by atoms with E-state index in [2.05, 4.69) is 18.8 Å². The standard InChI is InChI=1S/C12H20ClNOS/c1-9(2)5-4-6-15-10(3)12-14-11(7-13)8-16-12/h8-10H,4-7H2,1-3H3. The van der Waals surface area contributed by atoms with Crippen LogP contribution in [0.4, 0.5) is 0 Å². The van der Waals surface area contributed by atoms with Crippen molar-refractivity contribution in [1.29, 1.82) is 0 Å². The van der Waals surface area contributed by atoms with E-state index in [1.807, 2.05) is 12.3 Å². The number of hydrogen-bond acceptors (Lipinski definition) is 3. The average molecular weight is 262 g/mol. The molecule has 0 saturated carbocycles. The first-order chi connectivity index (χ1) is 7.63. The zero-order valence-electron chi connectivity index (χ0n) is 10.2. The number of ether oxygens (including phenoxy) is 1. The highest BCUT2D eigenvalue weighted by atomic mass is 35.5. The van der Waals surface area contributed by atoms with Gasteiger partial charge in [0.1, 0.15) is 11.1 Å². The Morgan fingerprint density at radius 3 is 2.75 bits per heavy atom. The molecule has 1 aromatic rings. The van der Waals surface area contributed by atoms with Crippen LogP contribution in [0.1, 0.15) is 50.4 Å². The molecule has 0 aliphatic heterocycles. The van der Waals surface area contributed by atoms with Gasteiger partial charge in [0.05, 0.1) is 11.6 Å². The van der Waals surface area contributed by atoms with Crippen molar-refractivity contribution in [3.63, 3.8) is 0 Å². The molecule has 0 aliphatic carbocycles. The summed E-state index contributed by atoms with van der Waals surface area (Å²) < 4.78 is 5.74. The molecule has 92 valence electrons. The van der Waals surface area contributed by atoms with Crippen molar-refractivity contribution in [1.82, 2.24) is 4.98 Å². The summed E-state index contributed by atoms with van der Waals surface area (Å²) in [6, 6.07) is 0. The summed E-state index contributed by atoms with van der Waals surface area (Å²) in [6.45, 7) is 7.33. The highest BCUT2D eigenvalue weighted by Gasteiger charge is 2.10. The first-order valence-electron chi connectivity index (χ1n) is 5.75. The predicted molar refractivity (Wildman–Crippen MR) is 70.1 cm³/mol. The van der Waals surface area contributed by atoms with Crippen molar-refractivity contribution in [2.45, 2.75) is 45.6 Å². The van der Waals surface area contributed by atoms with Gasteiger partial charge in [-0.15, -0.1) is 22.9 Å². The molecule has 1 heterocycles.